The molecule has 1 N–H and O–H groups in total. The Bertz CT molecular complexity index is 993. The highest BCUT2D eigenvalue weighted by atomic mass is 35.5. The van der Waals surface area contributed by atoms with Crippen molar-refractivity contribution in [1.29, 1.82) is 0 Å². The molecule has 0 atom stereocenters. The quantitative estimate of drug-likeness (QED) is 0.718. The van der Waals surface area contributed by atoms with Crippen LogP contribution in [0.15, 0.2) is 44.3 Å². The fourth-order valence-electron chi connectivity index (χ4n) is 2.17. The van der Waals surface area contributed by atoms with E-state index in [1.54, 1.807) is 29.6 Å². The van der Waals surface area contributed by atoms with Gasteiger partial charge in [-0.3, -0.25) is 4.72 Å². The van der Waals surface area contributed by atoms with Gasteiger partial charge < -0.3 is 4.42 Å². The molecule has 0 radical (unpaired) electrons. The first-order valence-electron chi connectivity index (χ1n) is 7.22. The van der Waals surface area contributed by atoms with Gasteiger partial charge in [-0.15, -0.1) is 21.5 Å². The Morgan fingerprint density at radius 1 is 1.25 bits per heavy atom. The molecule has 0 bridgehead atoms. The molecule has 0 unspecified atom stereocenters. The van der Waals surface area contributed by atoms with Crippen molar-refractivity contribution in [2.45, 2.75) is 23.0 Å². The maximum absolute atomic E-state index is 12.5. The molecule has 4 rings (SSSR count). The molecule has 1 aliphatic rings. The first-order chi connectivity index (χ1) is 11.5. The normalized spacial score (nSPS) is 14.7. The van der Waals surface area contributed by atoms with Gasteiger partial charge in [-0.2, -0.15) is 0 Å². The van der Waals surface area contributed by atoms with Crippen molar-refractivity contribution in [2.75, 3.05) is 4.72 Å². The summed E-state index contributed by atoms with van der Waals surface area (Å²) in [6, 6.07) is 8.07. The minimum Gasteiger partial charge on any atom is -0.420 e. The smallest absolute Gasteiger partial charge is 0.271 e. The van der Waals surface area contributed by atoms with Gasteiger partial charge in [0.2, 0.25) is 11.8 Å². The standard InChI is InChI=1S/C15H12ClN3O3S2/c16-11-2-1-3-12(7-11)19-24(20,21)13-6-10(8-23-13)15-18-17-14(22-15)9-4-5-9/h1-3,6-9,19H,4-5H2. The molecule has 6 nitrogen and oxygen atoms in total. The second-order valence-electron chi connectivity index (χ2n) is 5.49. The fraction of sp³-hybridized carbons (Fsp3) is 0.200. The molecular weight excluding hydrogens is 370 g/mol. The molecule has 24 heavy (non-hydrogen) atoms. The van der Waals surface area contributed by atoms with E-state index in [0.29, 0.717) is 34.0 Å². The number of hydrogen-bond donors (Lipinski definition) is 1. The summed E-state index contributed by atoms with van der Waals surface area (Å²) < 4.78 is 33.2. The zero-order chi connectivity index (χ0) is 16.7. The summed E-state index contributed by atoms with van der Waals surface area (Å²) in [5, 5.41) is 10.2. The molecule has 9 heteroatoms. The Kier molecular flexibility index (Phi) is 3.82. The Labute approximate surface area is 147 Å². The summed E-state index contributed by atoms with van der Waals surface area (Å²) >= 11 is 6.97. The molecule has 1 aromatic carbocycles. The minimum atomic E-state index is -3.69. The maximum atomic E-state index is 12.5. The van der Waals surface area contributed by atoms with Gasteiger partial charge >= 0.3 is 0 Å². The van der Waals surface area contributed by atoms with Crippen molar-refractivity contribution < 1.29 is 12.8 Å². The molecule has 2 heterocycles. The number of sulfonamides is 1. The van der Waals surface area contributed by atoms with E-state index in [4.69, 9.17) is 16.0 Å². The predicted octanol–water partition coefficient (Wildman–Crippen LogP) is 4.13. The van der Waals surface area contributed by atoms with E-state index in [1.165, 1.54) is 6.07 Å². The first kappa shape index (κ1) is 15.6. The van der Waals surface area contributed by atoms with Gasteiger partial charge in [0.05, 0.1) is 11.3 Å². The number of anilines is 1. The Balaban J connectivity index is 1.58. The van der Waals surface area contributed by atoms with Gasteiger partial charge in [0, 0.05) is 16.3 Å². The minimum absolute atomic E-state index is 0.170. The molecular formula is C15H12ClN3O3S2. The SMILES string of the molecule is O=S(=O)(Nc1cccc(Cl)c1)c1cc(-c2nnc(C3CC3)o2)cs1. The van der Waals surface area contributed by atoms with Crippen LogP contribution < -0.4 is 4.72 Å². The molecule has 1 saturated carbocycles. The summed E-state index contributed by atoms with van der Waals surface area (Å²) in [7, 11) is -3.69. The average Bonchev–Trinajstić information content (AvgIpc) is 3.07. The van der Waals surface area contributed by atoms with Crippen molar-refractivity contribution in [1.82, 2.24) is 10.2 Å². The van der Waals surface area contributed by atoms with Crippen LogP contribution in [0.1, 0.15) is 24.7 Å². The number of hydrogen-bond acceptors (Lipinski definition) is 6. The molecule has 1 fully saturated rings. The number of benzene rings is 1. The van der Waals surface area contributed by atoms with Crippen LogP contribution in [0.25, 0.3) is 11.5 Å². The monoisotopic (exact) mass is 381 g/mol. The third kappa shape index (κ3) is 3.17. The van der Waals surface area contributed by atoms with Crippen LogP contribution in [0.3, 0.4) is 0 Å². The summed E-state index contributed by atoms with van der Waals surface area (Å²) in [5.74, 6) is 1.33. The third-order valence-electron chi connectivity index (χ3n) is 3.53. The van der Waals surface area contributed by atoms with E-state index in [9.17, 15) is 8.42 Å². The van der Waals surface area contributed by atoms with E-state index < -0.39 is 10.0 Å². The second-order valence-corrected chi connectivity index (χ2v) is 8.75. The largest absolute Gasteiger partial charge is 0.420 e. The summed E-state index contributed by atoms with van der Waals surface area (Å²) in [6.07, 6.45) is 2.13. The van der Waals surface area contributed by atoms with Gasteiger partial charge in [0.25, 0.3) is 10.0 Å². The van der Waals surface area contributed by atoms with E-state index in [0.717, 1.165) is 24.2 Å². The van der Waals surface area contributed by atoms with Crippen molar-refractivity contribution in [3.05, 3.63) is 46.6 Å². The van der Waals surface area contributed by atoms with Crippen LogP contribution in [0.2, 0.25) is 5.02 Å². The van der Waals surface area contributed by atoms with Crippen molar-refractivity contribution in [3.63, 3.8) is 0 Å². The molecule has 0 spiro atoms. The van der Waals surface area contributed by atoms with Gasteiger partial charge in [0.1, 0.15) is 4.21 Å². The third-order valence-corrected chi connectivity index (χ3v) is 6.59. The molecule has 2 aromatic heterocycles. The molecule has 0 amide bonds. The number of nitrogens with one attached hydrogen (secondary N) is 1. The number of nitrogens with zero attached hydrogens (tertiary/aromatic N) is 2. The van der Waals surface area contributed by atoms with Crippen LogP contribution >= 0.6 is 22.9 Å². The van der Waals surface area contributed by atoms with E-state index in [-0.39, 0.29) is 4.21 Å². The van der Waals surface area contributed by atoms with Crippen LogP contribution in [0.5, 0.6) is 0 Å². The van der Waals surface area contributed by atoms with Gasteiger partial charge in [0.15, 0.2) is 0 Å². The number of halogens is 1. The first-order valence-corrected chi connectivity index (χ1v) is 9.96. The topological polar surface area (TPSA) is 85.1 Å². The zero-order valence-corrected chi connectivity index (χ0v) is 14.7. The molecule has 1 aliphatic carbocycles. The Hall–Kier alpha value is -1.90. The number of rotatable bonds is 5. The van der Waals surface area contributed by atoms with E-state index in [1.807, 2.05) is 0 Å². The van der Waals surface area contributed by atoms with Crippen molar-refractivity contribution >= 4 is 38.6 Å². The lowest BCUT2D eigenvalue weighted by molar-refractivity contribution is 0.508. The summed E-state index contributed by atoms with van der Waals surface area (Å²) in [6.45, 7) is 0. The molecule has 124 valence electrons. The lowest BCUT2D eigenvalue weighted by Crippen LogP contribution is -2.11. The van der Waals surface area contributed by atoms with Crippen molar-refractivity contribution in [3.8, 4) is 11.5 Å². The van der Waals surface area contributed by atoms with Gasteiger partial charge in [-0.05, 0) is 37.1 Å². The number of aromatic nitrogens is 2. The molecule has 3 aromatic rings. The lowest BCUT2D eigenvalue weighted by atomic mass is 10.3. The highest BCUT2D eigenvalue weighted by molar-refractivity contribution is 7.94. The van der Waals surface area contributed by atoms with Crippen LogP contribution in [0, 0.1) is 0 Å². The molecule has 0 saturated heterocycles. The van der Waals surface area contributed by atoms with E-state index in [2.05, 4.69) is 14.9 Å². The Morgan fingerprint density at radius 3 is 2.83 bits per heavy atom. The maximum Gasteiger partial charge on any atom is 0.271 e. The zero-order valence-electron chi connectivity index (χ0n) is 12.3. The van der Waals surface area contributed by atoms with Crippen LogP contribution in [0.4, 0.5) is 5.69 Å². The Morgan fingerprint density at radius 2 is 2.08 bits per heavy atom. The van der Waals surface area contributed by atoms with Crippen LogP contribution in [-0.4, -0.2) is 18.6 Å². The predicted molar refractivity (Wildman–Crippen MR) is 91.8 cm³/mol. The van der Waals surface area contributed by atoms with Crippen molar-refractivity contribution in [2.24, 2.45) is 0 Å². The summed E-state index contributed by atoms with van der Waals surface area (Å²) in [4.78, 5) is 0. The fourth-order valence-corrected chi connectivity index (χ4v) is 4.57. The highest BCUT2D eigenvalue weighted by Crippen LogP contribution is 2.40. The highest BCUT2D eigenvalue weighted by Gasteiger charge is 2.30. The second kappa shape index (κ2) is 5.87. The molecule has 0 aliphatic heterocycles. The summed E-state index contributed by atoms with van der Waals surface area (Å²) in [5.41, 5.74) is 1.01. The van der Waals surface area contributed by atoms with E-state index >= 15 is 0 Å². The van der Waals surface area contributed by atoms with Gasteiger partial charge in [-0.25, -0.2) is 8.42 Å². The lowest BCUT2D eigenvalue weighted by Gasteiger charge is -2.06. The van der Waals surface area contributed by atoms with Gasteiger partial charge in [-0.1, -0.05) is 17.7 Å². The number of thiophene rings is 1. The average molecular weight is 382 g/mol. The van der Waals surface area contributed by atoms with Crippen LogP contribution in [-0.2, 0) is 10.0 Å².